The van der Waals surface area contributed by atoms with Crippen LogP contribution in [0.2, 0.25) is 0 Å². The zero-order valence-electron chi connectivity index (χ0n) is 12.9. The van der Waals surface area contributed by atoms with E-state index in [1.807, 2.05) is 13.0 Å². The smallest absolute Gasteiger partial charge is 0.124 e. The number of hydrogen-bond acceptors (Lipinski definition) is 2. The number of piperidine rings is 1. The van der Waals surface area contributed by atoms with Crippen LogP contribution in [0.5, 0.6) is 0 Å². The van der Waals surface area contributed by atoms with Gasteiger partial charge in [0.2, 0.25) is 0 Å². The van der Waals surface area contributed by atoms with Crippen LogP contribution in [0.15, 0.2) is 18.2 Å². The second-order valence-corrected chi connectivity index (χ2v) is 7.44. The molecule has 4 rings (SSSR count). The van der Waals surface area contributed by atoms with Crippen molar-refractivity contribution in [1.29, 1.82) is 0 Å². The van der Waals surface area contributed by atoms with Crippen molar-refractivity contribution in [2.45, 2.75) is 32.7 Å². The zero-order chi connectivity index (χ0) is 15.1. The highest BCUT2D eigenvalue weighted by molar-refractivity contribution is 7.18. The Hall–Kier alpha value is -1.46. The maximum atomic E-state index is 13.6. The largest absolute Gasteiger partial charge is 0.333 e. The number of thiazole rings is 1. The van der Waals surface area contributed by atoms with Crippen molar-refractivity contribution in [3.8, 4) is 0 Å². The van der Waals surface area contributed by atoms with E-state index in [4.69, 9.17) is 0 Å². The van der Waals surface area contributed by atoms with Gasteiger partial charge in [0.15, 0.2) is 0 Å². The summed E-state index contributed by atoms with van der Waals surface area (Å²) >= 11 is 1.72. The molecule has 3 nitrogen and oxygen atoms in total. The maximum Gasteiger partial charge on any atom is 0.124 e. The molecule has 22 heavy (non-hydrogen) atoms. The minimum atomic E-state index is -0.182. The number of nitrogens with one attached hydrogen (secondary N) is 1. The van der Waals surface area contributed by atoms with Crippen molar-refractivity contribution in [3.05, 3.63) is 29.0 Å². The molecule has 3 heterocycles. The van der Waals surface area contributed by atoms with E-state index in [0.717, 1.165) is 34.5 Å². The molecule has 0 amide bonds. The van der Waals surface area contributed by atoms with Crippen LogP contribution in [0, 0.1) is 12.7 Å². The van der Waals surface area contributed by atoms with Gasteiger partial charge in [-0.2, -0.15) is 0 Å². The molecule has 0 unspecified atom stereocenters. The predicted octanol–water partition coefficient (Wildman–Crippen LogP) is 2.77. The molecule has 1 fully saturated rings. The monoisotopic (exact) mass is 318 g/mol. The van der Waals surface area contributed by atoms with Crippen molar-refractivity contribution >= 4 is 32.6 Å². The first-order valence-corrected chi connectivity index (χ1v) is 8.92. The molecular weight excluding hydrogens is 297 g/mol. The standard InChI is InChI=1S/C17H20FN3S/c1-12-19-16-14-11-13(18)5-6-15(14)21(17(16)22-12)10-9-20-7-3-2-4-8-20/h5-6,11H,2-4,7-10H2,1H3/p+1. The van der Waals surface area contributed by atoms with E-state index >= 15 is 0 Å². The fraction of sp³-hybridized carbons (Fsp3) is 0.471. The number of halogens is 1. The molecule has 0 atom stereocenters. The van der Waals surface area contributed by atoms with E-state index in [2.05, 4.69) is 9.55 Å². The van der Waals surface area contributed by atoms with E-state index in [-0.39, 0.29) is 5.82 Å². The minimum Gasteiger partial charge on any atom is -0.333 e. The summed E-state index contributed by atoms with van der Waals surface area (Å²) in [4.78, 5) is 7.51. The second-order valence-electron chi connectivity index (χ2n) is 6.26. The molecule has 116 valence electrons. The fourth-order valence-electron chi connectivity index (χ4n) is 3.61. The van der Waals surface area contributed by atoms with Crippen molar-refractivity contribution in [2.24, 2.45) is 0 Å². The molecular formula is C17H21FN3S+. The van der Waals surface area contributed by atoms with Crippen molar-refractivity contribution in [1.82, 2.24) is 9.55 Å². The quantitative estimate of drug-likeness (QED) is 0.788. The van der Waals surface area contributed by atoms with Gasteiger partial charge in [-0.3, -0.25) is 0 Å². The summed E-state index contributed by atoms with van der Waals surface area (Å²) in [6.07, 6.45) is 4.08. The Labute approximate surface area is 133 Å². The first kappa shape index (κ1) is 14.2. The molecule has 3 aromatic rings. The van der Waals surface area contributed by atoms with Gasteiger partial charge < -0.3 is 9.47 Å². The summed E-state index contributed by atoms with van der Waals surface area (Å²) in [6, 6.07) is 5.09. The molecule has 1 N–H and O–H groups in total. The second kappa shape index (κ2) is 5.63. The van der Waals surface area contributed by atoms with E-state index in [1.54, 1.807) is 28.4 Å². The van der Waals surface area contributed by atoms with Gasteiger partial charge >= 0.3 is 0 Å². The maximum absolute atomic E-state index is 13.6. The highest BCUT2D eigenvalue weighted by Crippen LogP contribution is 2.32. The number of fused-ring (bicyclic) bond motifs is 3. The SMILES string of the molecule is Cc1nc2c3cc(F)ccc3n(CC[NH+]3CCCCC3)c2s1. The van der Waals surface area contributed by atoms with Crippen LogP contribution in [-0.4, -0.2) is 29.2 Å². The van der Waals surface area contributed by atoms with Crippen LogP contribution in [0.25, 0.3) is 21.3 Å². The number of rotatable bonds is 3. The molecule has 0 saturated carbocycles. The van der Waals surface area contributed by atoms with Crippen LogP contribution < -0.4 is 4.90 Å². The Kier molecular flexibility index (Phi) is 3.62. The van der Waals surface area contributed by atoms with Crippen LogP contribution in [0.4, 0.5) is 4.39 Å². The molecule has 0 spiro atoms. The Morgan fingerprint density at radius 1 is 1.27 bits per heavy atom. The average Bonchev–Trinajstić information content (AvgIpc) is 3.02. The van der Waals surface area contributed by atoms with Crippen LogP contribution in [-0.2, 0) is 6.54 Å². The molecule has 2 aromatic heterocycles. The normalized spacial score (nSPS) is 16.8. The lowest BCUT2D eigenvalue weighted by molar-refractivity contribution is -0.905. The summed E-state index contributed by atoms with van der Waals surface area (Å²) in [5, 5.41) is 2.00. The molecule has 0 radical (unpaired) electrons. The first-order chi connectivity index (χ1) is 10.7. The van der Waals surface area contributed by atoms with E-state index in [0.29, 0.717) is 0 Å². The summed E-state index contributed by atoms with van der Waals surface area (Å²) in [7, 11) is 0. The number of aromatic nitrogens is 2. The number of hydrogen-bond donors (Lipinski definition) is 1. The Balaban J connectivity index is 1.73. The van der Waals surface area contributed by atoms with Crippen molar-refractivity contribution in [3.63, 3.8) is 0 Å². The minimum absolute atomic E-state index is 0.182. The molecule has 1 aromatic carbocycles. The lowest BCUT2D eigenvalue weighted by atomic mass is 10.1. The third-order valence-electron chi connectivity index (χ3n) is 4.72. The number of nitrogens with zero attached hydrogens (tertiary/aromatic N) is 2. The van der Waals surface area contributed by atoms with Crippen LogP contribution in [0.1, 0.15) is 24.3 Å². The summed E-state index contributed by atoms with van der Waals surface area (Å²) < 4.78 is 16.0. The van der Waals surface area contributed by atoms with E-state index < -0.39 is 0 Å². The predicted molar refractivity (Wildman–Crippen MR) is 89.2 cm³/mol. The van der Waals surface area contributed by atoms with Crippen molar-refractivity contribution in [2.75, 3.05) is 19.6 Å². The van der Waals surface area contributed by atoms with E-state index in [9.17, 15) is 4.39 Å². The van der Waals surface area contributed by atoms with Gasteiger partial charge in [-0.25, -0.2) is 9.37 Å². The zero-order valence-corrected chi connectivity index (χ0v) is 13.7. The van der Waals surface area contributed by atoms with Gasteiger partial charge in [-0.1, -0.05) is 0 Å². The Bertz CT molecular complexity index is 814. The van der Waals surface area contributed by atoms with Gasteiger partial charge in [-0.15, -0.1) is 11.3 Å². The van der Waals surface area contributed by atoms with Gasteiger partial charge in [0.1, 0.15) is 16.2 Å². The third kappa shape index (κ3) is 2.42. The van der Waals surface area contributed by atoms with Crippen LogP contribution >= 0.6 is 11.3 Å². The van der Waals surface area contributed by atoms with Crippen LogP contribution in [0.3, 0.4) is 0 Å². The molecule has 1 aliphatic rings. The first-order valence-electron chi connectivity index (χ1n) is 8.11. The highest BCUT2D eigenvalue weighted by atomic mass is 32.1. The number of aryl methyl sites for hydroxylation is 1. The number of quaternary nitrogens is 1. The van der Waals surface area contributed by atoms with E-state index in [1.165, 1.54) is 37.2 Å². The summed E-state index contributed by atoms with van der Waals surface area (Å²) in [5.41, 5.74) is 2.08. The van der Waals surface area contributed by atoms with Gasteiger partial charge in [0, 0.05) is 5.39 Å². The van der Waals surface area contributed by atoms with Gasteiger partial charge in [0.05, 0.1) is 36.7 Å². The fourth-order valence-corrected chi connectivity index (χ4v) is 4.58. The molecule has 0 aliphatic carbocycles. The van der Waals surface area contributed by atoms with Gasteiger partial charge in [-0.05, 0) is 44.4 Å². The molecule has 5 heteroatoms. The highest BCUT2D eigenvalue weighted by Gasteiger charge is 2.18. The summed E-state index contributed by atoms with van der Waals surface area (Å²) in [5.74, 6) is -0.182. The third-order valence-corrected chi connectivity index (χ3v) is 5.71. The van der Waals surface area contributed by atoms with Crippen molar-refractivity contribution < 1.29 is 9.29 Å². The summed E-state index contributed by atoms with van der Waals surface area (Å²) in [6.45, 7) is 6.74. The average molecular weight is 318 g/mol. The molecule has 0 bridgehead atoms. The molecule has 1 saturated heterocycles. The Morgan fingerprint density at radius 2 is 2.09 bits per heavy atom. The van der Waals surface area contributed by atoms with Gasteiger partial charge in [0.25, 0.3) is 0 Å². The topological polar surface area (TPSA) is 22.3 Å². The Morgan fingerprint density at radius 3 is 2.91 bits per heavy atom. The lowest BCUT2D eigenvalue weighted by Crippen LogP contribution is -3.13. The lowest BCUT2D eigenvalue weighted by Gasteiger charge is -2.23. The number of likely N-dealkylation sites (tertiary alicyclic amines) is 1. The number of benzene rings is 1. The molecule has 1 aliphatic heterocycles.